The van der Waals surface area contributed by atoms with Crippen molar-refractivity contribution in [1.29, 1.82) is 0 Å². The Morgan fingerprint density at radius 1 is 1.22 bits per heavy atom. The van der Waals surface area contributed by atoms with Crippen LogP contribution in [0.2, 0.25) is 0 Å². The summed E-state index contributed by atoms with van der Waals surface area (Å²) in [7, 11) is 1.99. The molecule has 1 aromatic rings. The van der Waals surface area contributed by atoms with Crippen molar-refractivity contribution in [2.45, 2.75) is 26.9 Å². The number of aryl methyl sites for hydroxylation is 1. The summed E-state index contributed by atoms with van der Waals surface area (Å²) in [5, 5.41) is 4.47. The lowest BCUT2D eigenvalue weighted by Crippen LogP contribution is -2.45. The summed E-state index contributed by atoms with van der Waals surface area (Å²) in [4.78, 5) is 11.1. The largest absolute Gasteiger partial charge is 0.315 e. The zero-order chi connectivity index (χ0) is 13.0. The average molecular weight is 268 g/mol. The van der Waals surface area contributed by atoms with E-state index in [1.807, 2.05) is 18.4 Å². The Morgan fingerprint density at radius 3 is 2.50 bits per heavy atom. The first-order chi connectivity index (χ1) is 8.72. The van der Waals surface area contributed by atoms with Gasteiger partial charge in [0.2, 0.25) is 0 Å². The highest BCUT2D eigenvalue weighted by Crippen LogP contribution is 2.19. The Balaban J connectivity index is 1.88. The van der Waals surface area contributed by atoms with Gasteiger partial charge in [-0.1, -0.05) is 6.92 Å². The Bertz CT molecular complexity index is 369. The van der Waals surface area contributed by atoms with Crippen LogP contribution in [0.1, 0.15) is 22.5 Å². The summed E-state index contributed by atoms with van der Waals surface area (Å²) < 4.78 is 0. The molecule has 0 bridgehead atoms. The highest BCUT2D eigenvalue weighted by molar-refractivity contribution is 7.11. The van der Waals surface area contributed by atoms with E-state index in [0.717, 1.165) is 13.1 Å². The van der Waals surface area contributed by atoms with Gasteiger partial charge in [0, 0.05) is 37.6 Å². The van der Waals surface area contributed by atoms with Crippen molar-refractivity contribution in [2.75, 3.05) is 39.8 Å². The minimum atomic E-state index is 0.938. The Hall–Kier alpha value is -0.490. The molecule has 0 radical (unpaired) electrons. The van der Waals surface area contributed by atoms with Gasteiger partial charge in [0.15, 0.2) is 0 Å². The quantitative estimate of drug-likeness (QED) is 0.872. The minimum absolute atomic E-state index is 0.938. The molecule has 0 unspecified atom stereocenters. The Kier molecular flexibility index (Phi) is 5.12. The van der Waals surface area contributed by atoms with Crippen LogP contribution in [-0.2, 0) is 13.1 Å². The highest BCUT2D eigenvalue weighted by Gasteiger charge is 2.17. The third-order valence-corrected chi connectivity index (χ3v) is 4.69. The van der Waals surface area contributed by atoms with Gasteiger partial charge in [0.05, 0.1) is 12.2 Å². The van der Waals surface area contributed by atoms with Gasteiger partial charge in [-0.3, -0.25) is 4.90 Å². The first-order valence-electron chi connectivity index (χ1n) is 6.77. The molecule has 0 aliphatic carbocycles. The number of nitrogens with one attached hydrogen (secondary N) is 1. The highest BCUT2D eigenvalue weighted by atomic mass is 32.1. The summed E-state index contributed by atoms with van der Waals surface area (Å²) in [5.74, 6) is 0. The van der Waals surface area contributed by atoms with Gasteiger partial charge in [-0.05, 0) is 20.5 Å². The SMILES string of the molecule is CCN1CCN(Cc2nc(C)c(CNC)s2)CC1. The van der Waals surface area contributed by atoms with Crippen molar-refractivity contribution >= 4 is 11.3 Å². The van der Waals surface area contributed by atoms with E-state index in [0.29, 0.717) is 0 Å². The van der Waals surface area contributed by atoms with Crippen molar-refractivity contribution in [3.63, 3.8) is 0 Å². The first kappa shape index (κ1) is 13.9. The number of piperazine rings is 1. The number of rotatable bonds is 5. The van der Waals surface area contributed by atoms with E-state index in [4.69, 9.17) is 0 Å². The maximum absolute atomic E-state index is 4.69. The zero-order valence-corrected chi connectivity index (χ0v) is 12.5. The third-order valence-electron chi connectivity index (χ3n) is 3.55. The second-order valence-corrected chi connectivity index (χ2v) is 6.03. The lowest BCUT2D eigenvalue weighted by molar-refractivity contribution is 0.132. The van der Waals surface area contributed by atoms with Crippen LogP contribution in [0.3, 0.4) is 0 Å². The van der Waals surface area contributed by atoms with E-state index < -0.39 is 0 Å². The van der Waals surface area contributed by atoms with E-state index in [1.165, 1.54) is 48.3 Å². The minimum Gasteiger partial charge on any atom is -0.315 e. The van der Waals surface area contributed by atoms with Gasteiger partial charge in [0.25, 0.3) is 0 Å². The topological polar surface area (TPSA) is 31.4 Å². The molecule has 5 heteroatoms. The normalized spacial score (nSPS) is 18.4. The maximum atomic E-state index is 4.69. The summed E-state index contributed by atoms with van der Waals surface area (Å²) in [6.45, 7) is 12.2. The van der Waals surface area contributed by atoms with E-state index in [9.17, 15) is 0 Å². The number of thiazole rings is 1. The molecular weight excluding hydrogens is 244 g/mol. The fourth-order valence-corrected chi connectivity index (χ4v) is 3.46. The average Bonchev–Trinajstić information content (AvgIpc) is 2.71. The molecule has 0 aromatic carbocycles. The van der Waals surface area contributed by atoms with Crippen molar-refractivity contribution in [2.24, 2.45) is 0 Å². The number of hydrogen-bond acceptors (Lipinski definition) is 5. The fourth-order valence-electron chi connectivity index (χ4n) is 2.34. The van der Waals surface area contributed by atoms with Crippen LogP contribution in [0.15, 0.2) is 0 Å². The first-order valence-corrected chi connectivity index (χ1v) is 7.59. The number of likely N-dealkylation sites (N-methyl/N-ethyl adjacent to an activating group) is 1. The molecule has 1 saturated heterocycles. The van der Waals surface area contributed by atoms with Gasteiger partial charge >= 0.3 is 0 Å². The fraction of sp³-hybridized carbons (Fsp3) is 0.769. The van der Waals surface area contributed by atoms with Crippen LogP contribution in [0.4, 0.5) is 0 Å². The van der Waals surface area contributed by atoms with Crippen LogP contribution in [0.25, 0.3) is 0 Å². The summed E-state index contributed by atoms with van der Waals surface area (Å²) in [6, 6.07) is 0. The van der Waals surface area contributed by atoms with Crippen molar-refractivity contribution < 1.29 is 0 Å². The molecule has 0 spiro atoms. The standard InChI is InChI=1S/C13H24N4S/c1-4-16-5-7-17(8-6-16)10-13-15-11(2)12(18-13)9-14-3/h14H,4-10H2,1-3H3. The molecule has 1 aliphatic rings. The summed E-state index contributed by atoms with van der Waals surface area (Å²) >= 11 is 1.86. The molecule has 0 amide bonds. The zero-order valence-electron chi connectivity index (χ0n) is 11.7. The second kappa shape index (κ2) is 6.61. The lowest BCUT2D eigenvalue weighted by atomic mass is 10.3. The molecular formula is C13H24N4S. The predicted molar refractivity (Wildman–Crippen MR) is 77.0 cm³/mol. The molecule has 18 heavy (non-hydrogen) atoms. The van der Waals surface area contributed by atoms with Gasteiger partial charge < -0.3 is 10.2 Å². The van der Waals surface area contributed by atoms with Crippen LogP contribution in [0.5, 0.6) is 0 Å². The maximum Gasteiger partial charge on any atom is 0.107 e. The van der Waals surface area contributed by atoms with Gasteiger partial charge in [-0.15, -0.1) is 11.3 Å². The molecule has 1 aromatic heterocycles. The molecule has 1 fully saturated rings. The molecule has 0 atom stereocenters. The smallest absolute Gasteiger partial charge is 0.107 e. The number of nitrogens with zero attached hydrogens (tertiary/aromatic N) is 3. The van der Waals surface area contributed by atoms with Crippen LogP contribution < -0.4 is 5.32 Å². The van der Waals surface area contributed by atoms with Crippen LogP contribution in [0, 0.1) is 6.92 Å². The lowest BCUT2D eigenvalue weighted by Gasteiger charge is -2.33. The molecule has 1 aliphatic heterocycles. The molecule has 2 heterocycles. The third kappa shape index (κ3) is 3.51. The second-order valence-electron chi connectivity index (χ2n) is 4.86. The molecule has 2 rings (SSSR count). The molecule has 4 nitrogen and oxygen atoms in total. The van der Waals surface area contributed by atoms with E-state index in [-0.39, 0.29) is 0 Å². The Morgan fingerprint density at radius 2 is 1.89 bits per heavy atom. The van der Waals surface area contributed by atoms with Gasteiger partial charge in [0.1, 0.15) is 5.01 Å². The van der Waals surface area contributed by atoms with Crippen LogP contribution in [-0.4, -0.2) is 54.6 Å². The van der Waals surface area contributed by atoms with E-state index in [2.05, 4.69) is 33.9 Å². The summed E-state index contributed by atoms with van der Waals surface area (Å²) in [6.07, 6.45) is 0. The van der Waals surface area contributed by atoms with Gasteiger partial charge in [-0.2, -0.15) is 0 Å². The molecule has 102 valence electrons. The number of aromatic nitrogens is 1. The van der Waals surface area contributed by atoms with E-state index in [1.54, 1.807) is 0 Å². The number of hydrogen-bond donors (Lipinski definition) is 1. The molecule has 0 saturated carbocycles. The Labute approximate surface area is 114 Å². The monoisotopic (exact) mass is 268 g/mol. The van der Waals surface area contributed by atoms with Crippen molar-refractivity contribution in [3.05, 3.63) is 15.6 Å². The van der Waals surface area contributed by atoms with E-state index >= 15 is 0 Å². The van der Waals surface area contributed by atoms with Gasteiger partial charge in [-0.25, -0.2) is 4.98 Å². The predicted octanol–water partition coefficient (Wildman–Crippen LogP) is 1.31. The molecule has 1 N–H and O–H groups in total. The van der Waals surface area contributed by atoms with Crippen molar-refractivity contribution in [3.8, 4) is 0 Å². The van der Waals surface area contributed by atoms with Crippen molar-refractivity contribution in [1.82, 2.24) is 20.1 Å². The summed E-state index contributed by atoms with van der Waals surface area (Å²) in [5.41, 5.74) is 1.19. The van der Waals surface area contributed by atoms with Crippen LogP contribution >= 0.6 is 11.3 Å².